The lowest BCUT2D eigenvalue weighted by Gasteiger charge is -2.21. The molecule has 1 heterocycles. The summed E-state index contributed by atoms with van der Waals surface area (Å²) < 4.78 is 11.1. The van der Waals surface area contributed by atoms with Gasteiger partial charge in [0.15, 0.2) is 11.5 Å². The Labute approximate surface area is 133 Å². The van der Waals surface area contributed by atoms with E-state index in [-0.39, 0.29) is 0 Å². The minimum absolute atomic E-state index is 0.569. The molecule has 1 atom stereocenters. The number of hydrogen-bond acceptors (Lipinski definition) is 3. The van der Waals surface area contributed by atoms with Gasteiger partial charge in [0.1, 0.15) is 13.2 Å². The molecule has 1 unspecified atom stereocenters. The molecule has 1 aromatic carbocycles. The molecule has 2 rings (SSSR count). The predicted molar refractivity (Wildman–Crippen MR) is 87.5 cm³/mol. The van der Waals surface area contributed by atoms with Crippen LogP contribution in [-0.2, 0) is 6.54 Å². The number of ether oxygens (including phenoxy) is 2. The first-order chi connectivity index (χ1) is 10.2. The van der Waals surface area contributed by atoms with Crippen molar-refractivity contribution in [2.45, 2.75) is 46.1 Å². The van der Waals surface area contributed by atoms with Crippen LogP contribution >= 0.6 is 11.6 Å². The maximum atomic E-state index is 6.25. The van der Waals surface area contributed by atoms with Gasteiger partial charge in [-0.3, -0.25) is 0 Å². The van der Waals surface area contributed by atoms with Gasteiger partial charge in [-0.05, 0) is 36.6 Å². The summed E-state index contributed by atoms with van der Waals surface area (Å²) in [7, 11) is 0. The van der Waals surface area contributed by atoms with E-state index in [9.17, 15) is 0 Å². The van der Waals surface area contributed by atoms with Gasteiger partial charge in [0.2, 0.25) is 0 Å². The van der Waals surface area contributed by atoms with E-state index >= 15 is 0 Å². The molecule has 0 spiro atoms. The first-order valence-electron chi connectivity index (χ1n) is 8.03. The zero-order chi connectivity index (χ0) is 15.1. The molecule has 3 nitrogen and oxygen atoms in total. The highest BCUT2D eigenvalue weighted by Crippen LogP contribution is 2.38. The highest BCUT2D eigenvalue weighted by atomic mass is 35.5. The van der Waals surface area contributed by atoms with Crippen LogP contribution in [0.15, 0.2) is 12.1 Å². The SMILES string of the molecule is CCCCC(CC)CNCc1cc(Cl)c2c(c1)OCCO2. The number of hydrogen-bond donors (Lipinski definition) is 1. The van der Waals surface area contributed by atoms with Crippen LogP contribution in [0.1, 0.15) is 45.1 Å². The van der Waals surface area contributed by atoms with Gasteiger partial charge >= 0.3 is 0 Å². The molecule has 1 aromatic rings. The Morgan fingerprint density at radius 2 is 2.05 bits per heavy atom. The molecule has 0 saturated heterocycles. The van der Waals surface area contributed by atoms with Crippen molar-refractivity contribution < 1.29 is 9.47 Å². The fourth-order valence-corrected chi connectivity index (χ4v) is 2.92. The minimum atomic E-state index is 0.569. The Bertz CT molecular complexity index is 451. The molecular weight excluding hydrogens is 286 g/mol. The molecule has 0 aliphatic carbocycles. The highest BCUT2D eigenvalue weighted by molar-refractivity contribution is 6.32. The van der Waals surface area contributed by atoms with E-state index in [1.807, 2.05) is 12.1 Å². The van der Waals surface area contributed by atoms with E-state index in [4.69, 9.17) is 21.1 Å². The maximum absolute atomic E-state index is 6.25. The summed E-state index contributed by atoms with van der Waals surface area (Å²) in [6, 6.07) is 4.00. The van der Waals surface area contributed by atoms with Crippen molar-refractivity contribution in [1.29, 1.82) is 0 Å². The fraction of sp³-hybridized carbons (Fsp3) is 0.647. The van der Waals surface area contributed by atoms with E-state index in [0.29, 0.717) is 24.0 Å². The lowest BCUT2D eigenvalue weighted by molar-refractivity contribution is 0.171. The van der Waals surface area contributed by atoms with E-state index in [1.54, 1.807) is 0 Å². The van der Waals surface area contributed by atoms with Crippen LogP contribution in [-0.4, -0.2) is 19.8 Å². The number of unbranched alkanes of at least 4 members (excludes halogenated alkanes) is 1. The molecule has 0 radical (unpaired) electrons. The molecule has 0 amide bonds. The van der Waals surface area contributed by atoms with E-state index in [1.165, 1.54) is 25.7 Å². The molecule has 1 aliphatic heterocycles. The normalized spacial score (nSPS) is 15.0. The summed E-state index contributed by atoms with van der Waals surface area (Å²) in [5.41, 5.74) is 1.15. The first kappa shape index (κ1) is 16.4. The summed E-state index contributed by atoms with van der Waals surface area (Å²) in [5.74, 6) is 2.21. The Balaban J connectivity index is 1.87. The lowest BCUT2D eigenvalue weighted by atomic mass is 9.99. The molecule has 1 N–H and O–H groups in total. The van der Waals surface area contributed by atoms with Crippen LogP contribution in [0.25, 0.3) is 0 Å². The Hall–Kier alpha value is -0.930. The van der Waals surface area contributed by atoms with Gasteiger partial charge < -0.3 is 14.8 Å². The second-order valence-corrected chi connectivity index (χ2v) is 6.06. The van der Waals surface area contributed by atoms with Crippen LogP contribution in [0.4, 0.5) is 0 Å². The van der Waals surface area contributed by atoms with Gasteiger partial charge in [-0.25, -0.2) is 0 Å². The van der Waals surface area contributed by atoms with Crippen molar-refractivity contribution in [1.82, 2.24) is 5.32 Å². The monoisotopic (exact) mass is 311 g/mol. The van der Waals surface area contributed by atoms with Gasteiger partial charge in [-0.1, -0.05) is 44.7 Å². The summed E-state index contributed by atoms with van der Waals surface area (Å²) in [5, 5.41) is 4.18. The summed E-state index contributed by atoms with van der Waals surface area (Å²) in [6.07, 6.45) is 5.13. The smallest absolute Gasteiger partial charge is 0.179 e. The van der Waals surface area contributed by atoms with Crippen LogP contribution in [0.2, 0.25) is 5.02 Å². The van der Waals surface area contributed by atoms with Crippen LogP contribution in [0, 0.1) is 5.92 Å². The van der Waals surface area contributed by atoms with Crippen molar-refractivity contribution >= 4 is 11.6 Å². The molecule has 0 saturated carbocycles. The molecule has 0 fully saturated rings. The summed E-state index contributed by atoms with van der Waals surface area (Å²) in [4.78, 5) is 0. The van der Waals surface area contributed by atoms with Crippen LogP contribution in [0.3, 0.4) is 0 Å². The molecule has 0 aromatic heterocycles. The molecule has 1 aliphatic rings. The van der Waals surface area contributed by atoms with Crippen molar-refractivity contribution in [2.75, 3.05) is 19.8 Å². The first-order valence-corrected chi connectivity index (χ1v) is 8.41. The maximum Gasteiger partial charge on any atom is 0.179 e. The number of benzene rings is 1. The quantitative estimate of drug-likeness (QED) is 0.771. The molecular formula is C17H26ClNO2. The predicted octanol–water partition coefficient (Wildman–Crippen LogP) is 4.42. The molecule has 21 heavy (non-hydrogen) atoms. The van der Waals surface area contributed by atoms with Crippen molar-refractivity contribution in [2.24, 2.45) is 5.92 Å². The number of halogens is 1. The average Bonchev–Trinajstić information content (AvgIpc) is 2.51. The second kappa shape index (κ2) is 8.50. The Kier molecular flexibility index (Phi) is 6.65. The van der Waals surface area contributed by atoms with Crippen molar-refractivity contribution in [3.63, 3.8) is 0 Å². The molecule has 4 heteroatoms. The number of fused-ring (bicyclic) bond motifs is 1. The highest BCUT2D eigenvalue weighted by Gasteiger charge is 2.16. The van der Waals surface area contributed by atoms with Gasteiger partial charge in [0.25, 0.3) is 0 Å². The van der Waals surface area contributed by atoms with Gasteiger partial charge in [0, 0.05) is 6.54 Å². The van der Waals surface area contributed by atoms with E-state index in [0.717, 1.165) is 30.3 Å². The van der Waals surface area contributed by atoms with Gasteiger partial charge in [0.05, 0.1) is 5.02 Å². The molecule has 0 bridgehead atoms. The lowest BCUT2D eigenvalue weighted by Crippen LogP contribution is -2.22. The third-order valence-corrected chi connectivity index (χ3v) is 4.24. The average molecular weight is 312 g/mol. The van der Waals surface area contributed by atoms with Gasteiger partial charge in [-0.15, -0.1) is 0 Å². The van der Waals surface area contributed by atoms with E-state index in [2.05, 4.69) is 19.2 Å². The number of nitrogens with one attached hydrogen (secondary N) is 1. The Morgan fingerprint density at radius 3 is 2.81 bits per heavy atom. The van der Waals surface area contributed by atoms with Gasteiger partial charge in [-0.2, -0.15) is 0 Å². The largest absolute Gasteiger partial charge is 0.486 e. The topological polar surface area (TPSA) is 30.5 Å². The third-order valence-electron chi connectivity index (χ3n) is 3.96. The van der Waals surface area contributed by atoms with E-state index < -0.39 is 0 Å². The van der Waals surface area contributed by atoms with Crippen LogP contribution < -0.4 is 14.8 Å². The minimum Gasteiger partial charge on any atom is -0.486 e. The van der Waals surface area contributed by atoms with Crippen molar-refractivity contribution in [3.8, 4) is 11.5 Å². The number of rotatable bonds is 8. The summed E-state index contributed by atoms with van der Waals surface area (Å²) >= 11 is 6.25. The molecule has 118 valence electrons. The Morgan fingerprint density at radius 1 is 1.24 bits per heavy atom. The zero-order valence-electron chi connectivity index (χ0n) is 13.1. The zero-order valence-corrected chi connectivity index (χ0v) is 13.8. The van der Waals surface area contributed by atoms with Crippen molar-refractivity contribution in [3.05, 3.63) is 22.7 Å². The summed E-state index contributed by atoms with van der Waals surface area (Å²) in [6.45, 7) is 7.55. The second-order valence-electron chi connectivity index (χ2n) is 5.65. The fourth-order valence-electron chi connectivity index (χ4n) is 2.63. The van der Waals surface area contributed by atoms with Crippen LogP contribution in [0.5, 0.6) is 11.5 Å². The standard InChI is InChI=1S/C17H26ClNO2/c1-3-5-6-13(4-2)11-19-12-14-9-15(18)17-16(10-14)20-7-8-21-17/h9-10,13,19H,3-8,11-12H2,1-2H3. The third kappa shape index (κ3) is 4.79.